The van der Waals surface area contributed by atoms with Gasteiger partial charge in [-0.05, 0) is 56.3 Å². The van der Waals surface area contributed by atoms with Gasteiger partial charge in [-0.1, -0.05) is 0 Å². The van der Waals surface area contributed by atoms with Crippen molar-refractivity contribution in [2.24, 2.45) is 23.2 Å². The molecule has 0 spiro atoms. The summed E-state index contributed by atoms with van der Waals surface area (Å²) in [7, 11) is -5.34. The van der Waals surface area contributed by atoms with Crippen molar-refractivity contribution >= 4 is 15.9 Å². The number of nitrogens with one attached hydrogen (secondary N) is 2. The first-order chi connectivity index (χ1) is 10.6. The lowest BCUT2D eigenvalue weighted by Crippen LogP contribution is -2.54. The number of hydrogen-bond donors (Lipinski definition) is 2. The van der Waals surface area contributed by atoms with E-state index in [1.54, 1.807) is 0 Å². The maximum Gasteiger partial charge on any atom is 0.511 e. The zero-order chi connectivity index (χ0) is 16.9. The van der Waals surface area contributed by atoms with Crippen molar-refractivity contribution in [1.82, 2.24) is 10.0 Å². The van der Waals surface area contributed by atoms with Gasteiger partial charge in [0.1, 0.15) is 0 Å². The highest BCUT2D eigenvalue weighted by atomic mass is 32.2. The van der Waals surface area contributed by atoms with Crippen LogP contribution in [-0.2, 0) is 14.8 Å². The van der Waals surface area contributed by atoms with Crippen molar-refractivity contribution in [2.45, 2.75) is 44.0 Å². The van der Waals surface area contributed by atoms with E-state index < -0.39 is 22.1 Å². The average Bonchev–Trinajstić information content (AvgIpc) is 2.40. The van der Waals surface area contributed by atoms with Gasteiger partial charge in [0.2, 0.25) is 5.91 Å². The van der Waals surface area contributed by atoms with E-state index in [2.05, 4.69) is 5.32 Å². The first-order valence-electron chi connectivity index (χ1n) is 7.95. The van der Waals surface area contributed by atoms with Crippen LogP contribution in [-0.4, -0.2) is 32.9 Å². The van der Waals surface area contributed by atoms with Crippen molar-refractivity contribution in [3.05, 3.63) is 0 Å². The zero-order valence-electron chi connectivity index (χ0n) is 12.7. The fourth-order valence-corrected chi connectivity index (χ4v) is 5.55. The Morgan fingerprint density at radius 2 is 1.48 bits per heavy atom. The van der Waals surface area contributed by atoms with E-state index in [9.17, 15) is 26.4 Å². The van der Waals surface area contributed by atoms with E-state index in [4.69, 9.17) is 0 Å². The number of halogens is 3. The molecule has 5 nitrogen and oxygen atoms in total. The Labute approximate surface area is 133 Å². The van der Waals surface area contributed by atoms with Crippen LogP contribution in [0.1, 0.15) is 38.5 Å². The second-order valence-electron chi connectivity index (χ2n) is 7.30. The van der Waals surface area contributed by atoms with E-state index in [0.717, 1.165) is 19.3 Å². The highest BCUT2D eigenvalue weighted by Crippen LogP contribution is 2.60. The van der Waals surface area contributed by atoms with Crippen LogP contribution < -0.4 is 10.0 Å². The molecule has 0 heterocycles. The van der Waals surface area contributed by atoms with Gasteiger partial charge in [0.25, 0.3) is 0 Å². The molecule has 0 atom stereocenters. The van der Waals surface area contributed by atoms with E-state index in [-0.39, 0.29) is 17.9 Å². The van der Waals surface area contributed by atoms with Gasteiger partial charge < -0.3 is 5.32 Å². The molecule has 0 aromatic rings. The molecule has 4 aliphatic rings. The first-order valence-corrected chi connectivity index (χ1v) is 9.44. The molecule has 0 unspecified atom stereocenters. The van der Waals surface area contributed by atoms with Crippen LogP contribution in [0.2, 0.25) is 0 Å². The monoisotopic (exact) mass is 354 g/mol. The highest BCUT2D eigenvalue weighted by Gasteiger charge is 2.54. The molecule has 4 fully saturated rings. The molecule has 132 valence electrons. The average molecular weight is 354 g/mol. The van der Waals surface area contributed by atoms with Crippen molar-refractivity contribution in [2.75, 3.05) is 13.1 Å². The zero-order valence-corrected chi connectivity index (χ0v) is 13.5. The number of carbonyl (C=O) groups is 1. The van der Waals surface area contributed by atoms with E-state index in [1.807, 2.05) is 0 Å². The second-order valence-corrected chi connectivity index (χ2v) is 9.06. The predicted octanol–water partition coefficient (Wildman–Crippen LogP) is 1.76. The van der Waals surface area contributed by atoms with Crippen molar-refractivity contribution in [3.63, 3.8) is 0 Å². The Kier molecular flexibility index (Phi) is 4.15. The van der Waals surface area contributed by atoms with Crippen LogP contribution in [0.15, 0.2) is 0 Å². The Bertz CT molecular complexity index is 553. The summed E-state index contributed by atoms with van der Waals surface area (Å²) in [6, 6.07) is 0. The summed E-state index contributed by atoms with van der Waals surface area (Å²) in [6.45, 7) is -0.587. The number of rotatable bonds is 5. The van der Waals surface area contributed by atoms with Crippen LogP contribution in [0.25, 0.3) is 0 Å². The Morgan fingerprint density at radius 3 is 1.91 bits per heavy atom. The van der Waals surface area contributed by atoms with Gasteiger partial charge in [-0.15, -0.1) is 0 Å². The molecule has 23 heavy (non-hydrogen) atoms. The summed E-state index contributed by atoms with van der Waals surface area (Å²) in [4.78, 5) is 12.5. The van der Waals surface area contributed by atoms with Crippen LogP contribution in [0.4, 0.5) is 13.2 Å². The van der Waals surface area contributed by atoms with E-state index >= 15 is 0 Å². The minimum absolute atomic E-state index is 0.122. The Morgan fingerprint density at radius 1 is 1.00 bits per heavy atom. The molecule has 0 aliphatic heterocycles. The maximum atomic E-state index is 12.5. The van der Waals surface area contributed by atoms with Gasteiger partial charge >= 0.3 is 15.5 Å². The topological polar surface area (TPSA) is 75.3 Å². The van der Waals surface area contributed by atoms with Gasteiger partial charge in [-0.2, -0.15) is 13.2 Å². The molecule has 1 amide bonds. The molecule has 0 aromatic heterocycles. The number of sulfonamides is 1. The maximum absolute atomic E-state index is 12.5. The molecular formula is C14H21F3N2O3S. The first kappa shape index (κ1) is 17.0. The number of amides is 1. The number of alkyl halides is 3. The third kappa shape index (κ3) is 3.22. The number of carbonyl (C=O) groups excluding carboxylic acids is 1. The molecule has 4 rings (SSSR count). The minimum atomic E-state index is -5.34. The molecule has 4 bridgehead atoms. The Hall–Kier alpha value is -0.830. The lowest BCUT2D eigenvalue weighted by atomic mass is 9.49. The lowest BCUT2D eigenvalue weighted by Gasteiger charge is -2.55. The van der Waals surface area contributed by atoms with Crippen molar-refractivity contribution in [3.8, 4) is 0 Å². The fraction of sp³-hybridized carbons (Fsp3) is 0.929. The van der Waals surface area contributed by atoms with Crippen LogP contribution in [0, 0.1) is 23.2 Å². The van der Waals surface area contributed by atoms with Crippen molar-refractivity contribution in [1.29, 1.82) is 0 Å². The molecule has 0 saturated heterocycles. The fourth-order valence-electron chi connectivity index (χ4n) is 5.02. The molecule has 0 aromatic carbocycles. The predicted molar refractivity (Wildman–Crippen MR) is 76.6 cm³/mol. The quantitative estimate of drug-likeness (QED) is 0.739. The molecule has 9 heteroatoms. The SMILES string of the molecule is O=C(NCCNS(=O)(=O)C(F)(F)F)C12CC3CC(CC(C3)C1)C2. The third-order valence-electron chi connectivity index (χ3n) is 5.53. The highest BCUT2D eigenvalue weighted by molar-refractivity contribution is 7.90. The van der Waals surface area contributed by atoms with Gasteiger partial charge in [-0.25, -0.2) is 13.1 Å². The molecule has 0 radical (unpaired) electrons. The van der Waals surface area contributed by atoms with Crippen molar-refractivity contribution < 1.29 is 26.4 Å². The van der Waals surface area contributed by atoms with Gasteiger partial charge in [0, 0.05) is 18.5 Å². The van der Waals surface area contributed by atoms with Gasteiger partial charge in [0.15, 0.2) is 0 Å². The molecule has 4 aliphatic carbocycles. The molecule has 4 saturated carbocycles. The summed E-state index contributed by atoms with van der Waals surface area (Å²) in [5.41, 5.74) is -5.70. The lowest BCUT2D eigenvalue weighted by molar-refractivity contribution is -0.146. The molecular weight excluding hydrogens is 333 g/mol. The van der Waals surface area contributed by atoms with Gasteiger partial charge in [0.05, 0.1) is 0 Å². The summed E-state index contributed by atoms with van der Waals surface area (Å²) < 4.78 is 59.8. The standard InChI is InChI=1S/C14H21F3N2O3S/c15-14(16,17)23(21,22)19-2-1-18-12(20)13-6-9-3-10(7-13)5-11(4-9)8-13/h9-11,19H,1-8H2,(H,18,20). The van der Waals surface area contributed by atoms with Crippen LogP contribution in [0.3, 0.4) is 0 Å². The Balaban J connectivity index is 1.51. The molecule has 2 N–H and O–H groups in total. The normalized spacial score (nSPS) is 36.2. The van der Waals surface area contributed by atoms with E-state index in [1.165, 1.54) is 24.0 Å². The van der Waals surface area contributed by atoms with Gasteiger partial charge in [-0.3, -0.25) is 4.79 Å². The van der Waals surface area contributed by atoms with Crippen LogP contribution in [0.5, 0.6) is 0 Å². The smallest absolute Gasteiger partial charge is 0.354 e. The largest absolute Gasteiger partial charge is 0.511 e. The summed E-state index contributed by atoms with van der Waals surface area (Å²) in [5.74, 6) is 1.66. The minimum Gasteiger partial charge on any atom is -0.354 e. The second kappa shape index (κ2) is 5.61. The summed E-state index contributed by atoms with van der Waals surface area (Å²) >= 11 is 0. The summed E-state index contributed by atoms with van der Waals surface area (Å²) in [6.07, 6.45) is 6.16. The summed E-state index contributed by atoms with van der Waals surface area (Å²) in [5, 5.41) is 2.63. The van der Waals surface area contributed by atoms with E-state index in [0.29, 0.717) is 17.8 Å². The third-order valence-corrected chi connectivity index (χ3v) is 6.72. The number of hydrogen-bond acceptors (Lipinski definition) is 3. The van der Waals surface area contributed by atoms with Crippen LogP contribution >= 0.6 is 0 Å².